The molecule has 0 saturated heterocycles. The summed E-state index contributed by atoms with van der Waals surface area (Å²) in [5.41, 5.74) is 0.994. The van der Waals surface area contributed by atoms with E-state index in [9.17, 15) is 8.42 Å². The summed E-state index contributed by atoms with van der Waals surface area (Å²) in [5.74, 6) is 0. The molecule has 0 fully saturated rings. The number of hydrogen-bond acceptors (Lipinski definition) is 4. The van der Waals surface area contributed by atoms with Crippen LogP contribution in [0.1, 0.15) is 5.56 Å². The SMILES string of the molecule is Cc1ccc(S(=O)(=O)OI(c2ccc(Br)cc2)c2ccc([Si](C)(C)C)o2)cc1. The molecule has 2 aromatic carbocycles. The molecule has 8 heteroatoms. The number of rotatable bonds is 6. The molecule has 28 heavy (non-hydrogen) atoms. The van der Waals surface area contributed by atoms with E-state index in [1.807, 2.05) is 43.3 Å². The van der Waals surface area contributed by atoms with E-state index < -0.39 is 38.4 Å². The second kappa shape index (κ2) is 8.43. The van der Waals surface area contributed by atoms with Crippen molar-refractivity contribution in [3.8, 4) is 0 Å². The van der Waals surface area contributed by atoms with Crippen molar-refractivity contribution in [2.75, 3.05) is 0 Å². The number of halogens is 2. The first-order chi connectivity index (χ1) is 13.1. The molecule has 0 amide bonds. The summed E-state index contributed by atoms with van der Waals surface area (Å²) in [6.45, 7) is 8.49. The Hall–Kier alpha value is -0.943. The molecule has 1 aromatic heterocycles. The first kappa shape index (κ1) is 21.8. The summed E-state index contributed by atoms with van der Waals surface area (Å²) >= 11 is 0.623. The molecule has 3 rings (SSSR count). The molecule has 0 aliphatic heterocycles. The van der Waals surface area contributed by atoms with Crippen molar-refractivity contribution in [3.05, 3.63) is 78.0 Å². The van der Waals surface area contributed by atoms with Crippen LogP contribution in [-0.4, -0.2) is 16.5 Å². The van der Waals surface area contributed by atoms with Crippen LogP contribution in [0.5, 0.6) is 0 Å². The Bertz CT molecular complexity index is 1050. The average Bonchev–Trinajstić information content (AvgIpc) is 3.11. The zero-order valence-corrected chi connectivity index (χ0v) is 21.6. The van der Waals surface area contributed by atoms with Crippen LogP contribution < -0.4 is 5.38 Å². The standard InChI is InChI=1S/C20H22BrIO4SSi/c1-15-5-11-18(12-6-15)27(23,24)26-22(17-9-7-16(21)8-10-17)19-13-14-20(25-19)28(2,3)4/h5-14H,1-4H3. The van der Waals surface area contributed by atoms with E-state index in [1.165, 1.54) is 0 Å². The van der Waals surface area contributed by atoms with Gasteiger partial charge in [-0.05, 0) is 0 Å². The maximum absolute atomic E-state index is 12.9. The molecule has 4 nitrogen and oxygen atoms in total. The number of hydrogen-bond donors (Lipinski definition) is 0. The van der Waals surface area contributed by atoms with Gasteiger partial charge >= 0.3 is 185 Å². The van der Waals surface area contributed by atoms with E-state index >= 15 is 0 Å². The molecule has 0 saturated carbocycles. The van der Waals surface area contributed by atoms with Gasteiger partial charge in [-0.2, -0.15) is 0 Å². The molecule has 0 N–H and O–H groups in total. The molecular formula is C20H22BrIO4SSi. The van der Waals surface area contributed by atoms with Crippen LogP contribution in [0.15, 0.2) is 74.4 Å². The second-order valence-corrected chi connectivity index (χ2v) is 19.6. The van der Waals surface area contributed by atoms with Gasteiger partial charge < -0.3 is 0 Å². The van der Waals surface area contributed by atoms with Crippen molar-refractivity contribution in [1.29, 1.82) is 0 Å². The van der Waals surface area contributed by atoms with Gasteiger partial charge in [-0.25, -0.2) is 0 Å². The van der Waals surface area contributed by atoms with Gasteiger partial charge in [-0.3, -0.25) is 0 Å². The monoisotopic (exact) mass is 592 g/mol. The molecule has 0 radical (unpaired) electrons. The van der Waals surface area contributed by atoms with Gasteiger partial charge in [0.25, 0.3) is 0 Å². The van der Waals surface area contributed by atoms with E-state index in [4.69, 9.17) is 6.93 Å². The summed E-state index contributed by atoms with van der Waals surface area (Å²) in [7, 11) is -5.55. The molecule has 3 aromatic rings. The van der Waals surface area contributed by atoms with E-state index in [1.54, 1.807) is 24.3 Å². The minimum absolute atomic E-state index is 0.162. The zero-order valence-electron chi connectivity index (χ0n) is 16.1. The maximum atomic E-state index is 12.9. The van der Waals surface area contributed by atoms with Crippen molar-refractivity contribution in [2.24, 2.45) is 0 Å². The molecule has 0 unspecified atom stereocenters. The Kier molecular flexibility index (Phi) is 6.55. The topological polar surface area (TPSA) is 56.5 Å². The quantitative estimate of drug-likeness (QED) is 0.270. The van der Waals surface area contributed by atoms with Gasteiger partial charge in [0.15, 0.2) is 0 Å². The van der Waals surface area contributed by atoms with E-state index in [0.717, 1.165) is 19.0 Å². The van der Waals surface area contributed by atoms with E-state index in [2.05, 4.69) is 35.6 Å². The summed E-state index contributed by atoms with van der Waals surface area (Å²) in [4.78, 5) is 0.162. The van der Waals surface area contributed by atoms with Gasteiger partial charge in [0.1, 0.15) is 0 Å². The van der Waals surface area contributed by atoms with Crippen LogP contribution >= 0.6 is 36.2 Å². The van der Waals surface area contributed by atoms with Crippen LogP contribution in [0.4, 0.5) is 0 Å². The summed E-state index contributed by atoms with van der Waals surface area (Å²) in [5, 5.41) is 0.943. The molecule has 150 valence electrons. The van der Waals surface area contributed by atoms with Crippen molar-refractivity contribution in [2.45, 2.75) is 31.5 Å². The average molecular weight is 593 g/mol. The Balaban J connectivity index is 2.02. The second-order valence-electron chi connectivity index (χ2n) is 7.37. The van der Waals surface area contributed by atoms with Gasteiger partial charge in [0.2, 0.25) is 0 Å². The fourth-order valence-corrected chi connectivity index (χ4v) is 10.4. The van der Waals surface area contributed by atoms with Gasteiger partial charge in [0, 0.05) is 0 Å². The summed E-state index contributed by atoms with van der Waals surface area (Å²) in [6.07, 6.45) is 0. The number of benzene rings is 2. The molecular weight excluding hydrogens is 571 g/mol. The first-order valence-electron chi connectivity index (χ1n) is 8.64. The van der Waals surface area contributed by atoms with Crippen LogP contribution in [-0.2, 0) is 12.6 Å². The summed E-state index contributed by atoms with van der Waals surface area (Å²) < 4.78 is 40.3. The Morgan fingerprint density at radius 3 is 2.07 bits per heavy atom. The van der Waals surface area contributed by atoms with Crippen LogP contribution in [0.25, 0.3) is 0 Å². The number of aryl methyl sites for hydroxylation is 1. The van der Waals surface area contributed by atoms with Crippen LogP contribution in [0, 0.1) is 14.3 Å². The Morgan fingerprint density at radius 1 is 0.929 bits per heavy atom. The van der Waals surface area contributed by atoms with Crippen molar-refractivity contribution < 1.29 is 15.3 Å². The van der Waals surface area contributed by atoms with Gasteiger partial charge in [0.05, 0.1) is 0 Å². The van der Waals surface area contributed by atoms with Gasteiger partial charge in [-0.1, -0.05) is 0 Å². The van der Waals surface area contributed by atoms with E-state index in [0.29, 0.717) is 3.77 Å². The third kappa shape index (κ3) is 5.15. The van der Waals surface area contributed by atoms with E-state index in [-0.39, 0.29) is 4.90 Å². The molecule has 0 aliphatic rings. The molecule has 0 spiro atoms. The molecule has 0 aliphatic carbocycles. The van der Waals surface area contributed by atoms with Crippen molar-refractivity contribution >= 4 is 59.7 Å². The Labute approximate surface area is 183 Å². The predicted octanol–water partition coefficient (Wildman–Crippen LogP) is 5.76. The fourth-order valence-electron chi connectivity index (χ4n) is 2.35. The normalized spacial score (nSPS) is 12.8. The third-order valence-corrected chi connectivity index (χ3v) is 13.3. The van der Waals surface area contributed by atoms with Crippen molar-refractivity contribution in [1.82, 2.24) is 0 Å². The molecule has 0 bridgehead atoms. The number of furan rings is 1. The van der Waals surface area contributed by atoms with Crippen molar-refractivity contribution in [3.63, 3.8) is 0 Å². The summed E-state index contributed by atoms with van der Waals surface area (Å²) in [6, 6.07) is 18.1. The zero-order chi connectivity index (χ0) is 20.5. The molecule has 1 heterocycles. The minimum atomic E-state index is -3.90. The molecule has 0 atom stereocenters. The predicted molar refractivity (Wildman–Crippen MR) is 127 cm³/mol. The third-order valence-electron chi connectivity index (χ3n) is 3.94. The van der Waals surface area contributed by atoms with Crippen LogP contribution in [0.2, 0.25) is 19.6 Å². The first-order valence-corrected chi connectivity index (χ1v) is 17.4. The fraction of sp³-hybridized carbons (Fsp3) is 0.200. The van der Waals surface area contributed by atoms with Gasteiger partial charge in [-0.15, -0.1) is 0 Å². The van der Waals surface area contributed by atoms with Crippen LogP contribution in [0.3, 0.4) is 0 Å². The Morgan fingerprint density at radius 2 is 1.54 bits per heavy atom.